The third-order valence-corrected chi connectivity index (χ3v) is 5.71. The number of nitrogens with zero attached hydrogens (tertiary/aromatic N) is 1. The molecule has 6 nitrogen and oxygen atoms in total. The zero-order valence-electron chi connectivity index (χ0n) is 10.1. The van der Waals surface area contributed by atoms with E-state index in [4.69, 9.17) is 10.8 Å². The minimum Gasteiger partial charge on any atom is -0.478 e. The van der Waals surface area contributed by atoms with Crippen molar-refractivity contribution in [2.75, 3.05) is 30.3 Å². The molecule has 0 radical (unpaired) electrons. The van der Waals surface area contributed by atoms with E-state index < -0.39 is 16.0 Å². The Morgan fingerprint density at radius 3 is 2.53 bits per heavy atom. The number of hydrogen-bond donors (Lipinski definition) is 2. The zero-order valence-corrected chi connectivity index (χ0v) is 11.7. The fraction of sp³-hybridized carbons (Fsp3) is 0.364. The van der Waals surface area contributed by atoms with Crippen molar-refractivity contribution >= 4 is 33.4 Å². The molecule has 1 heterocycles. The molecule has 0 bridgehead atoms. The summed E-state index contributed by atoms with van der Waals surface area (Å²) in [5, 5.41) is 9.09. The second-order valence-electron chi connectivity index (χ2n) is 4.08. The van der Waals surface area contributed by atoms with Crippen LogP contribution in [0.2, 0.25) is 0 Å². The molecule has 1 aromatic carbocycles. The minimum absolute atomic E-state index is 0.230. The number of thioether (sulfide) groups is 1. The van der Waals surface area contributed by atoms with Gasteiger partial charge in [-0.25, -0.2) is 13.2 Å². The van der Waals surface area contributed by atoms with Crippen molar-refractivity contribution in [3.05, 3.63) is 23.8 Å². The molecule has 0 aliphatic carbocycles. The van der Waals surface area contributed by atoms with Crippen LogP contribution in [0, 0.1) is 0 Å². The molecular weight excluding hydrogens is 288 g/mol. The highest BCUT2D eigenvalue weighted by Gasteiger charge is 2.30. The van der Waals surface area contributed by atoms with E-state index in [1.807, 2.05) is 0 Å². The monoisotopic (exact) mass is 302 g/mol. The summed E-state index contributed by atoms with van der Waals surface area (Å²) < 4.78 is 26.2. The SMILES string of the molecule is Nc1ccc(C(=O)O)c(S(=O)(=O)N2CCSCC2)c1. The van der Waals surface area contributed by atoms with Crippen molar-refractivity contribution in [1.82, 2.24) is 4.31 Å². The van der Waals surface area contributed by atoms with Crippen molar-refractivity contribution in [2.24, 2.45) is 0 Å². The van der Waals surface area contributed by atoms with Gasteiger partial charge in [0.2, 0.25) is 10.0 Å². The summed E-state index contributed by atoms with van der Waals surface area (Å²) in [5.41, 5.74) is 5.56. The van der Waals surface area contributed by atoms with Crippen LogP contribution in [0.5, 0.6) is 0 Å². The topological polar surface area (TPSA) is 101 Å². The van der Waals surface area contributed by atoms with Gasteiger partial charge in [0.1, 0.15) is 0 Å². The number of carboxylic acids is 1. The van der Waals surface area contributed by atoms with Crippen LogP contribution < -0.4 is 5.73 Å². The molecule has 0 saturated carbocycles. The molecule has 19 heavy (non-hydrogen) atoms. The highest BCUT2D eigenvalue weighted by molar-refractivity contribution is 7.99. The Morgan fingerprint density at radius 2 is 1.95 bits per heavy atom. The maximum atomic E-state index is 12.5. The van der Waals surface area contributed by atoms with Crippen LogP contribution in [-0.4, -0.2) is 48.4 Å². The van der Waals surface area contributed by atoms with E-state index >= 15 is 0 Å². The maximum absolute atomic E-state index is 12.5. The number of carbonyl (C=O) groups is 1. The van der Waals surface area contributed by atoms with Crippen LogP contribution >= 0.6 is 11.8 Å². The number of nitrogens with two attached hydrogens (primary N) is 1. The van der Waals surface area contributed by atoms with Gasteiger partial charge in [-0.15, -0.1) is 0 Å². The molecule has 1 fully saturated rings. The van der Waals surface area contributed by atoms with E-state index in [2.05, 4.69) is 0 Å². The first-order valence-corrected chi connectivity index (χ1v) is 8.23. The van der Waals surface area contributed by atoms with Gasteiger partial charge in [-0.05, 0) is 18.2 Å². The van der Waals surface area contributed by atoms with Crippen LogP contribution in [0.1, 0.15) is 10.4 Å². The summed E-state index contributed by atoms with van der Waals surface area (Å²) >= 11 is 1.68. The molecule has 104 valence electrons. The Labute approximate surface area is 115 Å². The van der Waals surface area contributed by atoms with Crippen molar-refractivity contribution in [1.29, 1.82) is 0 Å². The summed E-state index contributed by atoms with van der Waals surface area (Å²) in [5.74, 6) is 0.151. The highest BCUT2D eigenvalue weighted by Crippen LogP contribution is 2.25. The van der Waals surface area contributed by atoms with E-state index in [0.717, 1.165) is 0 Å². The van der Waals surface area contributed by atoms with Gasteiger partial charge in [0.05, 0.1) is 10.5 Å². The van der Waals surface area contributed by atoms with E-state index in [1.54, 1.807) is 11.8 Å². The van der Waals surface area contributed by atoms with Gasteiger partial charge in [-0.1, -0.05) is 0 Å². The first kappa shape index (κ1) is 14.2. The fourth-order valence-corrected chi connectivity index (χ4v) is 4.65. The Morgan fingerprint density at radius 1 is 1.32 bits per heavy atom. The van der Waals surface area contributed by atoms with Crippen molar-refractivity contribution in [2.45, 2.75) is 4.90 Å². The standard InChI is InChI=1S/C11H14N2O4S2/c12-8-1-2-9(11(14)15)10(7-8)19(16,17)13-3-5-18-6-4-13/h1-2,7H,3-6,12H2,(H,14,15). The largest absolute Gasteiger partial charge is 0.478 e. The number of rotatable bonds is 3. The van der Waals surface area contributed by atoms with Crippen LogP contribution in [0.15, 0.2) is 23.1 Å². The molecule has 2 rings (SSSR count). The minimum atomic E-state index is -3.80. The number of sulfonamides is 1. The second-order valence-corrected chi connectivity index (χ2v) is 7.21. The van der Waals surface area contributed by atoms with E-state index in [1.165, 1.54) is 22.5 Å². The molecule has 0 aromatic heterocycles. The van der Waals surface area contributed by atoms with Gasteiger partial charge >= 0.3 is 5.97 Å². The maximum Gasteiger partial charge on any atom is 0.337 e. The number of anilines is 1. The van der Waals surface area contributed by atoms with Gasteiger partial charge in [0.15, 0.2) is 0 Å². The molecule has 1 aromatic rings. The van der Waals surface area contributed by atoms with E-state index in [9.17, 15) is 13.2 Å². The van der Waals surface area contributed by atoms with Crippen LogP contribution in [-0.2, 0) is 10.0 Å². The van der Waals surface area contributed by atoms with Gasteiger partial charge < -0.3 is 10.8 Å². The molecule has 1 aliphatic rings. The quantitative estimate of drug-likeness (QED) is 0.797. The van der Waals surface area contributed by atoms with Crippen molar-refractivity contribution in [3.63, 3.8) is 0 Å². The van der Waals surface area contributed by atoms with Crippen LogP contribution in [0.4, 0.5) is 5.69 Å². The average molecular weight is 302 g/mol. The predicted molar refractivity (Wildman–Crippen MR) is 73.9 cm³/mol. The Hall–Kier alpha value is -1.25. The molecule has 8 heteroatoms. The predicted octanol–water partition coefficient (Wildman–Crippen LogP) is 0.704. The summed E-state index contributed by atoms with van der Waals surface area (Å²) in [6, 6.07) is 3.82. The third kappa shape index (κ3) is 2.85. The van der Waals surface area contributed by atoms with Gasteiger partial charge in [0.25, 0.3) is 0 Å². The smallest absolute Gasteiger partial charge is 0.337 e. The molecule has 1 saturated heterocycles. The van der Waals surface area contributed by atoms with Crippen molar-refractivity contribution < 1.29 is 18.3 Å². The van der Waals surface area contributed by atoms with Gasteiger partial charge in [0, 0.05) is 30.3 Å². The summed E-state index contributed by atoms with van der Waals surface area (Å²) in [6.07, 6.45) is 0. The Bertz CT molecular complexity index is 595. The Balaban J connectivity index is 2.49. The fourth-order valence-electron chi connectivity index (χ4n) is 1.86. The number of nitrogen functional groups attached to an aromatic ring is 1. The molecule has 1 aliphatic heterocycles. The molecule has 0 atom stereocenters. The van der Waals surface area contributed by atoms with Gasteiger partial charge in [-0.3, -0.25) is 0 Å². The molecule has 0 amide bonds. The van der Waals surface area contributed by atoms with Gasteiger partial charge in [-0.2, -0.15) is 16.1 Å². The lowest BCUT2D eigenvalue weighted by atomic mass is 10.2. The first-order valence-electron chi connectivity index (χ1n) is 5.63. The number of hydrogen-bond acceptors (Lipinski definition) is 5. The second kappa shape index (κ2) is 5.40. The summed E-state index contributed by atoms with van der Waals surface area (Å²) in [4.78, 5) is 10.9. The lowest BCUT2D eigenvalue weighted by Gasteiger charge is -2.26. The molecule has 0 unspecified atom stereocenters. The number of benzene rings is 1. The van der Waals surface area contributed by atoms with Crippen molar-refractivity contribution in [3.8, 4) is 0 Å². The number of carboxylic acid groups (broad SMARTS) is 1. The lowest BCUT2D eigenvalue weighted by Crippen LogP contribution is -2.38. The van der Waals surface area contributed by atoms with E-state index in [0.29, 0.717) is 24.6 Å². The summed E-state index contributed by atoms with van der Waals surface area (Å²) in [6.45, 7) is 0.779. The van der Waals surface area contributed by atoms with Crippen LogP contribution in [0.25, 0.3) is 0 Å². The van der Waals surface area contributed by atoms with Crippen LogP contribution in [0.3, 0.4) is 0 Å². The first-order chi connectivity index (χ1) is 8.93. The lowest BCUT2D eigenvalue weighted by molar-refractivity contribution is 0.0692. The van der Waals surface area contributed by atoms with E-state index in [-0.39, 0.29) is 16.1 Å². The Kier molecular flexibility index (Phi) is 4.02. The highest BCUT2D eigenvalue weighted by atomic mass is 32.2. The molecule has 3 N–H and O–H groups in total. The third-order valence-electron chi connectivity index (χ3n) is 2.82. The molecular formula is C11H14N2O4S2. The average Bonchev–Trinajstić information content (AvgIpc) is 2.39. The zero-order chi connectivity index (χ0) is 14.0. The molecule has 0 spiro atoms. The normalized spacial score (nSPS) is 17.3. The summed E-state index contributed by atoms with van der Waals surface area (Å²) in [7, 11) is -3.80. The number of aromatic carboxylic acids is 1.